The quantitative estimate of drug-likeness (QED) is 0.646. The van der Waals surface area contributed by atoms with E-state index < -0.39 is 0 Å². The molecule has 0 bridgehead atoms. The monoisotopic (exact) mass is 382 g/mol. The molecule has 0 saturated heterocycles. The maximum Gasteiger partial charge on any atom is 0.262 e. The molecule has 0 spiro atoms. The number of para-hydroxylation sites is 1. The van der Waals surface area contributed by atoms with E-state index in [1.54, 1.807) is 55.5 Å². The van der Waals surface area contributed by atoms with Gasteiger partial charge < -0.3 is 15.4 Å². The fourth-order valence-corrected chi connectivity index (χ4v) is 2.47. The first-order valence-corrected chi connectivity index (χ1v) is 9.40. The van der Waals surface area contributed by atoms with Crippen LogP contribution in [0, 0.1) is 0 Å². The Labute approximate surface area is 165 Å². The van der Waals surface area contributed by atoms with E-state index in [1.165, 1.54) is 0 Å². The van der Waals surface area contributed by atoms with Crippen LogP contribution in [0.4, 0.5) is 5.69 Å². The van der Waals surface area contributed by atoms with Crippen molar-refractivity contribution >= 4 is 23.3 Å². The Morgan fingerprint density at radius 2 is 1.68 bits per heavy atom. The van der Waals surface area contributed by atoms with E-state index in [2.05, 4.69) is 10.6 Å². The van der Waals surface area contributed by atoms with Gasteiger partial charge in [-0.2, -0.15) is 0 Å². The van der Waals surface area contributed by atoms with Gasteiger partial charge in [0.25, 0.3) is 11.8 Å². The number of amides is 2. The van der Waals surface area contributed by atoms with Crippen LogP contribution in [0.1, 0.15) is 54.3 Å². The molecule has 2 aromatic carbocycles. The van der Waals surface area contributed by atoms with Crippen LogP contribution < -0.4 is 15.4 Å². The molecule has 2 amide bonds. The largest absolute Gasteiger partial charge is 0.484 e. The van der Waals surface area contributed by atoms with Crippen molar-refractivity contribution in [3.05, 3.63) is 59.7 Å². The number of nitrogens with one attached hydrogen (secondary N) is 2. The Morgan fingerprint density at radius 3 is 2.32 bits per heavy atom. The second-order valence-electron chi connectivity index (χ2n) is 6.47. The van der Waals surface area contributed by atoms with Gasteiger partial charge in [0.1, 0.15) is 5.75 Å². The molecule has 6 heteroatoms. The number of anilines is 1. The first-order valence-electron chi connectivity index (χ1n) is 9.40. The third-order valence-electron chi connectivity index (χ3n) is 4.30. The summed E-state index contributed by atoms with van der Waals surface area (Å²) in [6.07, 6.45) is 1.25. The molecule has 2 aromatic rings. The molecule has 2 N–H and O–H groups in total. The third-order valence-corrected chi connectivity index (χ3v) is 4.30. The average Bonchev–Trinajstić information content (AvgIpc) is 2.72. The second-order valence-corrected chi connectivity index (χ2v) is 6.47. The normalized spacial score (nSPS) is 11.4. The lowest BCUT2D eigenvalue weighted by Crippen LogP contribution is -2.33. The molecule has 0 aromatic heterocycles. The molecule has 28 heavy (non-hydrogen) atoms. The minimum absolute atomic E-state index is 0.0437. The first-order chi connectivity index (χ1) is 13.4. The van der Waals surface area contributed by atoms with Crippen molar-refractivity contribution in [2.24, 2.45) is 0 Å². The zero-order valence-corrected chi connectivity index (χ0v) is 16.5. The fraction of sp³-hybridized carbons (Fsp3) is 0.318. The summed E-state index contributed by atoms with van der Waals surface area (Å²) < 4.78 is 5.47. The molecule has 0 aliphatic carbocycles. The number of Topliss-reactive ketones (excluding diaryl/α,β-unsaturated/α-hetero) is 1. The minimum atomic E-state index is -0.377. The highest BCUT2D eigenvalue weighted by atomic mass is 16.5. The molecular formula is C22H26N2O4. The van der Waals surface area contributed by atoms with Gasteiger partial charge in [-0.3, -0.25) is 14.4 Å². The minimum Gasteiger partial charge on any atom is -0.484 e. The Morgan fingerprint density at radius 1 is 1.00 bits per heavy atom. The summed E-state index contributed by atoms with van der Waals surface area (Å²) in [5, 5.41) is 5.60. The van der Waals surface area contributed by atoms with Gasteiger partial charge in [-0.1, -0.05) is 26.0 Å². The molecule has 0 saturated carbocycles. The van der Waals surface area contributed by atoms with Gasteiger partial charge in [-0.05, 0) is 49.7 Å². The average molecular weight is 382 g/mol. The Bertz CT molecular complexity index is 831. The number of benzene rings is 2. The van der Waals surface area contributed by atoms with Gasteiger partial charge in [0, 0.05) is 18.0 Å². The van der Waals surface area contributed by atoms with E-state index in [-0.39, 0.29) is 30.2 Å². The zero-order valence-electron chi connectivity index (χ0n) is 16.5. The lowest BCUT2D eigenvalue weighted by Gasteiger charge is -2.15. The highest BCUT2D eigenvalue weighted by Crippen LogP contribution is 2.16. The van der Waals surface area contributed by atoms with Crippen molar-refractivity contribution in [2.45, 2.75) is 39.7 Å². The number of carbonyl (C=O) groups excluding carboxylic acids is 3. The highest BCUT2D eigenvalue weighted by Gasteiger charge is 2.15. The Kier molecular flexibility index (Phi) is 7.75. The maximum absolute atomic E-state index is 12.4. The molecule has 0 aliphatic heterocycles. The lowest BCUT2D eigenvalue weighted by molar-refractivity contribution is -0.118. The summed E-state index contributed by atoms with van der Waals surface area (Å²) >= 11 is 0. The molecular weight excluding hydrogens is 356 g/mol. The van der Waals surface area contributed by atoms with Crippen LogP contribution >= 0.6 is 0 Å². The van der Waals surface area contributed by atoms with E-state index in [4.69, 9.17) is 4.74 Å². The van der Waals surface area contributed by atoms with Crippen LogP contribution in [0.25, 0.3) is 0 Å². The predicted octanol–water partition coefficient (Wildman–Crippen LogP) is 3.83. The topological polar surface area (TPSA) is 84.5 Å². The van der Waals surface area contributed by atoms with Crippen LogP contribution in [-0.2, 0) is 4.79 Å². The predicted molar refractivity (Wildman–Crippen MR) is 109 cm³/mol. The summed E-state index contributed by atoms with van der Waals surface area (Å²) in [7, 11) is 0. The number of ketones is 1. The number of ether oxygens (including phenoxy) is 1. The molecule has 2 rings (SSSR count). The second kappa shape index (κ2) is 10.3. The Balaban J connectivity index is 1.96. The summed E-state index contributed by atoms with van der Waals surface area (Å²) in [6, 6.07) is 13.5. The van der Waals surface area contributed by atoms with Gasteiger partial charge in [-0.25, -0.2) is 0 Å². The maximum atomic E-state index is 12.4. The summed E-state index contributed by atoms with van der Waals surface area (Å²) in [6.45, 7) is 5.51. The number of rotatable bonds is 9. The van der Waals surface area contributed by atoms with Crippen molar-refractivity contribution in [1.82, 2.24) is 5.32 Å². The van der Waals surface area contributed by atoms with Crippen molar-refractivity contribution < 1.29 is 19.1 Å². The van der Waals surface area contributed by atoms with Crippen molar-refractivity contribution in [3.8, 4) is 5.75 Å². The standard InChI is InChI=1S/C22H26N2O4/c1-4-15(3)23-22(27)18-8-6-7-9-19(18)24-21(26)14-28-17-12-10-16(11-13-17)20(25)5-2/h6-13,15H,4-5,14H2,1-3H3,(H,23,27)(H,24,26)/t15-/m0/s1. The van der Waals surface area contributed by atoms with E-state index in [0.29, 0.717) is 29.0 Å². The lowest BCUT2D eigenvalue weighted by atomic mass is 10.1. The molecule has 0 heterocycles. The van der Waals surface area contributed by atoms with Crippen LogP contribution in [-0.4, -0.2) is 30.2 Å². The van der Waals surface area contributed by atoms with Crippen molar-refractivity contribution in [1.29, 1.82) is 0 Å². The van der Waals surface area contributed by atoms with Crippen LogP contribution in [0.3, 0.4) is 0 Å². The molecule has 1 atom stereocenters. The molecule has 0 aliphatic rings. The zero-order chi connectivity index (χ0) is 20.5. The number of hydrogen-bond acceptors (Lipinski definition) is 4. The van der Waals surface area contributed by atoms with E-state index in [0.717, 1.165) is 6.42 Å². The van der Waals surface area contributed by atoms with Crippen LogP contribution in [0.15, 0.2) is 48.5 Å². The number of hydrogen-bond donors (Lipinski definition) is 2. The summed E-state index contributed by atoms with van der Waals surface area (Å²) in [4.78, 5) is 36.3. The Hall–Kier alpha value is -3.15. The van der Waals surface area contributed by atoms with Gasteiger partial charge in [0.2, 0.25) is 0 Å². The summed E-state index contributed by atoms with van der Waals surface area (Å²) in [5.74, 6) is -0.0676. The van der Waals surface area contributed by atoms with Gasteiger partial charge in [0.15, 0.2) is 12.4 Å². The highest BCUT2D eigenvalue weighted by molar-refractivity contribution is 6.04. The van der Waals surface area contributed by atoms with Crippen LogP contribution in [0.2, 0.25) is 0 Å². The SMILES string of the molecule is CCC(=O)c1ccc(OCC(=O)Nc2ccccc2C(=O)N[C@@H](C)CC)cc1. The third kappa shape index (κ3) is 5.94. The van der Waals surface area contributed by atoms with Gasteiger partial charge in [-0.15, -0.1) is 0 Å². The van der Waals surface area contributed by atoms with Crippen molar-refractivity contribution in [2.75, 3.05) is 11.9 Å². The molecule has 6 nitrogen and oxygen atoms in total. The fourth-order valence-electron chi connectivity index (χ4n) is 2.47. The smallest absolute Gasteiger partial charge is 0.262 e. The molecule has 148 valence electrons. The van der Waals surface area contributed by atoms with E-state index in [9.17, 15) is 14.4 Å². The first kappa shape index (κ1) is 21.2. The molecule has 0 radical (unpaired) electrons. The van der Waals surface area contributed by atoms with Gasteiger partial charge in [0.05, 0.1) is 11.3 Å². The molecule has 0 fully saturated rings. The van der Waals surface area contributed by atoms with E-state index in [1.807, 2.05) is 13.8 Å². The van der Waals surface area contributed by atoms with E-state index >= 15 is 0 Å². The summed E-state index contributed by atoms with van der Waals surface area (Å²) in [5.41, 5.74) is 1.44. The van der Waals surface area contributed by atoms with Crippen molar-refractivity contribution in [3.63, 3.8) is 0 Å². The van der Waals surface area contributed by atoms with Crippen LogP contribution in [0.5, 0.6) is 5.75 Å². The van der Waals surface area contributed by atoms with Gasteiger partial charge >= 0.3 is 0 Å². The molecule has 0 unspecified atom stereocenters. The number of carbonyl (C=O) groups is 3.